The predicted octanol–water partition coefficient (Wildman–Crippen LogP) is 4.95. The Labute approximate surface area is 184 Å². The van der Waals surface area contributed by atoms with Gasteiger partial charge in [0.05, 0.1) is 11.7 Å². The van der Waals surface area contributed by atoms with Gasteiger partial charge >= 0.3 is 0 Å². The molecule has 0 aliphatic carbocycles. The lowest BCUT2D eigenvalue weighted by Crippen LogP contribution is -2.44. The van der Waals surface area contributed by atoms with Crippen molar-refractivity contribution in [3.8, 4) is 0 Å². The number of sulfonamides is 1. The average Bonchev–Trinajstić information content (AvgIpc) is 2.69. The van der Waals surface area contributed by atoms with E-state index in [9.17, 15) is 13.2 Å². The van der Waals surface area contributed by atoms with Gasteiger partial charge in [0.1, 0.15) is 0 Å². The van der Waals surface area contributed by atoms with Crippen molar-refractivity contribution >= 4 is 33.2 Å². The lowest BCUT2D eigenvalue weighted by Gasteiger charge is -2.31. The van der Waals surface area contributed by atoms with Crippen molar-refractivity contribution in [2.45, 2.75) is 45.3 Å². The Bertz CT molecular complexity index is 1020. The normalized spacial score (nSPS) is 17.8. The maximum absolute atomic E-state index is 13.0. The van der Waals surface area contributed by atoms with Crippen LogP contribution in [0.2, 0.25) is 5.02 Å². The van der Waals surface area contributed by atoms with Crippen LogP contribution in [0.4, 0.5) is 5.69 Å². The highest BCUT2D eigenvalue weighted by molar-refractivity contribution is 7.88. The molecule has 2 aromatic carbocycles. The Morgan fingerprint density at radius 3 is 2.67 bits per heavy atom. The number of amides is 1. The van der Waals surface area contributed by atoms with Crippen molar-refractivity contribution < 1.29 is 13.2 Å². The highest BCUT2D eigenvalue weighted by atomic mass is 35.5. The van der Waals surface area contributed by atoms with Gasteiger partial charge in [0, 0.05) is 23.8 Å². The number of piperidine rings is 1. The number of aryl methyl sites for hydroxylation is 1. The van der Waals surface area contributed by atoms with Crippen LogP contribution in [0.3, 0.4) is 0 Å². The van der Waals surface area contributed by atoms with E-state index in [0.29, 0.717) is 30.0 Å². The van der Waals surface area contributed by atoms with Crippen LogP contribution in [0.25, 0.3) is 0 Å². The molecule has 1 heterocycles. The third kappa shape index (κ3) is 5.42. The lowest BCUT2D eigenvalue weighted by molar-refractivity contribution is -0.120. The van der Waals surface area contributed by atoms with Crippen molar-refractivity contribution in [1.82, 2.24) is 4.31 Å². The van der Waals surface area contributed by atoms with E-state index in [2.05, 4.69) is 19.2 Å². The second kappa shape index (κ2) is 9.50. The van der Waals surface area contributed by atoms with Gasteiger partial charge in [0.15, 0.2) is 0 Å². The van der Waals surface area contributed by atoms with E-state index in [4.69, 9.17) is 11.6 Å². The maximum atomic E-state index is 13.0. The van der Waals surface area contributed by atoms with E-state index < -0.39 is 10.0 Å². The molecule has 1 atom stereocenters. The first-order valence-corrected chi connectivity index (χ1v) is 12.3. The van der Waals surface area contributed by atoms with Crippen molar-refractivity contribution in [2.24, 2.45) is 5.92 Å². The minimum Gasteiger partial charge on any atom is -0.325 e. The van der Waals surface area contributed by atoms with Gasteiger partial charge in [-0.25, -0.2) is 12.7 Å². The molecule has 1 fully saturated rings. The van der Waals surface area contributed by atoms with Crippen LogP contribution in [-0.2, 0) is 20.6 Å². The molecule has 2 aromatic rings. The summed E-state index contributed by atoms with van der Waals surface area (Å²) >= 11 is 5.99. The minimum atomic E-state index is -3.53. The smallest absolute Gasteiger partial charge is 0.228 e. The molecule has 1 amide bonds. The van der Waals surface area contributed by atoms with Crippen LogP contribution in [0.1, 0.15) is 49.3 Å². The van der Waals surface area contributed by atoms with E-state index in [-0.39, 0.29) is 30.0 Å². The summed E-state index contributed by atoms with van der Waals surface area (Å²) < 4.78 is 27.3. The number of carbonyl (C=O) groups is 1. The summed E-state index contributed by atoms with van der Waals surface area (Å²) in [6.07, 6.45) is 1.34. The number of hydrogen-bond donors (Lipinski definition) is 1. The fraction of sp³-hybridized carbons (Fsp3) is 0.435. The van der Waals surface area contributed by atoms with E-state index in [0.717, 1.165) is 16.8 Å². The summed E-state index contributed by atoms with van der Waals surface area (Å²) in [5.41, 5.74) is 3.59. The topological polar surface area (TPSA) is 66.5 Å². The summed E-state index contributed by atoms with van der Waals surface area (Å²) in [5, 5.41) is 3.59. The van der Waals surface area contributed by atoms with Gasteiger partial charge in [-0.05, 0) is 54.5 Å². The molecule has 162 valence electrons. The third-order valence-electron chi connectivity index (χ3n) is 5.56. The fourth-order valence-corrected chi connectivity index (χ4v) is 5.72. The van der Waals surface area contributed by atoms with Gasteiger partial charge in [0.25, 0.3) is 0 Å². The largest absolute Gasteiger partial charge is 0.325 e. The zero-order valence-electron chi connectivity index (χ0n) is 17.7. The summed E-state index contributed by atoms with van der Waals surface area (Å²) in [5.74, 6) is -0.320. The molecule has 0 spiro atoms. The standard InChI is InChI=1S/C23H29ClN2O3S/c1-16(2)21-11-4-7-17(3)22(21)25-23(27)19-9-6-12-26(14-19)30(28,29)15-18-8-5-10-20(24)13-18/h4-5,7-8,10-11,13,16,19H,6,9,12,14-15H2,1-3H3,(H,25,27)/t19-/m0/s1. The Hall–Kier alpha value is -1.89. The number of nitrogens with one attached hydrogen (secondary N) is 1. The van der Waals surface area contributed by atoms with E-state index >= 15 is 0 Å². The number of benzene rings is 2. The Morgan fingerprint density at radius 1 is 1.23 bits per heavy atom. The molecule has 0 radical (unpaired) electrons. The number of rotatable bonds is 6. The summed E-state index contributed by atoms with van der Waals surface area (Å²) in [7, 11) is -3.53. The highest BCUT2D eigenvalue weighted by Gasteiger charge is 2.32. The van der Waals surface area contributed by atoms with Crippen molar-refractivity contribution in [3.63, 3.8) is 0 Å². The summed E-state index contributed by atoms with van der Waals surface area (Å²) in [6.45, 7) is 6.81. The number of para-hydroxylation sites is 1. The van der Waals surface area contributed by atoms with Crippen molar-refractivity contribution in [3.05, 3.63) is 64.2 Å². The first kappa shape index (κ1) is 22.8. The number of anilines is 1. The van der Waals surface area contributed by atoms with E-state index in [1.165, 1.54) is 4.31 Å². The number of carbonyl (C=O) groups excluding carboxylic acids is 1. The second-order valence-electron chi connectivity index (χ2n) is 8.27. The number of halogens is 1. The molecule has 7 heteroatoms. The van der Waals surface area contributed by atoms with Crippen molar-refractivity contribution in [2.75, 3.05) is 18.4 Å². The third-order valence-corrected chi connectivity index (χ3v) is 7.61. The Balaban J connectivity index is 1.72. The molecule has 30 heavy (non-hydrogen) atoms. The van der Waals surface area contributed by atoms with Crippen LogP contribution in [0, 0.1) is 12.8 Å². The van der Waals surface area contributed by atoms with Crippen molar-refractivity contribution in [1.29, 1.82) is 0 Å². The van der Waals surface area contributed by atoms with Gasteiger partial charge in [0.2, 0.25) is 15.9 Å². The molecule has 0 unspecified atom stereocenters. The number of nitrogens with zero attached hydrogens (tertiary/aromatic N) is 1. The second-order valence-corrected chi connectivity index (χ2v) is 10.7. The average molecular weight is 449 g/mol. The van der Waals surface area contributed by atoms with Gasteiger partial charge in [-0.15, -0.1) is 0 Å². The molecule has 1 aliphatic rings. The van der Waals surface area contributed by atoms with Crippen LogP contribution in [0.5, 0.6) is 0 Å². The zero-order chi connectivity index (χ0) is 21.9. The Morgan fingerprint density at radius 2 is 1.97 bits per heavy atom. The van der Waals surface area contributed by atoms with Crippen LogP contribution in [-0.4, -0.2) is 31.7 Å². The molecule has 0 saturated carbocycles. The quantitative estimate of drug-likeness (QED) is 0.679. The van der Waals surface area contributed by atoms with Crippen LogP contribution in [0.15, 0.2) is 42.5 Å². The highest BCUT2D eigenvalue weighted by Crippen LogP contribution is 2.29. The first-order chi connectivity index (χ1) is 14.2. The maximum Gasteiger partial charge on any atom is 0.228 e. The Kier molecular flexibility index (Phi) is 7.22. The fourth-order valence-electron chi connectivity index (χ4n) is 3.91. The molecular formula is C23H29ClN2O3S. The molecule has 1 saturated heterocycles. The molecule has 0 aromatic heterocycles. The monoisotopic (exact) mass is 448 g/mol. The summed E-state index contributed by atoms with van der Waals surface area (Å²) in [6, 6.07) is 12.9. The molecule has 3 rings (SSSR count). The molecule has 0 bridgehead atoms. The van der Waals surface area contributed by atoms with Gasteiger partial charge in [-0.3, -0.25) is 4.79 Å². The minimum absolute atomic E-state index is 0.114. The van der Waals surface area contributed by atoms with Crippen LogP contribution >= 0.6 is 11.6 Å². The summed E-state index contributed by atoms with van der Waals surface area (Å²) in [4.78, 5) is 13.0. The van der Waals surface area contributed by atoms with E-state index in [1.807, 2.05) is 25.1 Å². The van der Waals surface area contributed by atoms with Gasteiger partial charge < -0.3 is 5.32 Å². The molecule has 5 nitrogen and oxygen atoms in total. The first-order valence-electron chi connectivity index (χ1n) is 10.3. The lowest BCUT2D eigenvalue weighted by atomic mass is 9.95. The van der Waals surface area contributed by atoms with Crippen LogP contribution < -0.4 is 5.32 Å². The SMILES string of the molecule is Cc1cccc(C(C)C)c1NC(=O)[C@H]1CCCN(S(=O)(=O)Cc2cccc(Cl)c2)C1. The molecule has 1 N–H and O–H groups in total. The zero-order valence-corrected chi connectivity index (χ0v) is 19.3. The number of hydrogen-bond acceptors (Lipinski definition) is 3. The van der Waals surface area contributed by atoms with Gasteiger partial charge in [-0.2, -0.15) is 0 Å². The molecular weight excluding hydrogens is 420 g/mol. The predicted molar refractivity (Wildman–Crippen MR) is 122 cm³/mol. The van der Waals surface area contributed by atoms with Gasteiger partial charge in [-0.1, -0.05) is 55.8 Å². The van der Waals surface area contributed by atoms with E-state index in [1.54, 1.807) is 24.3 Å². The molecule has 1 aliphatic heterocycles.